The Morgan fingerprint density at radius 2 is 2.00 bits per heavy atom. The Kier molecular flexibility index (Phi) is 3.71. The summed E-state index contributed by atoms with van der Waals surface area (Å²) in [6.45, 7) is 7.26. The molecule has 2 fully saturated rings. The van der Waals surface area contributed by atoms with Crippen molar-refractivity contribution >= 4 is 11.6 Å². The van der Waals surface area contributed by atoms with Crippen LogP contribution >= 0.6 is 0 Å². The normalized spacial score (nSPS) is 45.0. The van der Waals surface area contributed by atoms with Crippen LogP contribution in [0.2, 0.25) is 0 Å². The van der Waals surface area contributed by atoms with E-state index < -0.39 is 22.7 Å². The number of aliphatic hydroxyl groups excluding tert-OH is 1. The predicted molar refractivity (Wildman–Crippen MR) is 91.5 cm³/mol. The molecule has 26 heavy (non-hydrogen) atoms. The fourth-order valence-corrected chi connectivity index (χ4v) is 5.70. The van der Waals surface area contributed by atoms with Crippen molar-refractivity contribution in [2.24, 2.45) is 22.7 Å². The number of hydrogen-bond donors (Lipinski definition) is 2. The third kappa shape index (κ3) is 1.96. The number of ketones is 2. The van der Waals surface area contributed by atoms with E-state index in [2.05, 4.69) is 0 Å². The summed E-state index contributed by atoms with van der Waals surface area (Å²) in [7, 11) is 0. The Morgan fingerprint density at radius 3 is 2.62 bits per heavy atom. The van der Waals surface area contributed by atoms with Crippen molar-refractivity contribution < 1.29 is 29.6 Å². The molecule has 0 unspecified atom stereocenters. The third-order valence-corrected chi connectivity index (χ3v) is 7.18. The number of rotatable bonds is 2. The molecule has 1 heterocycles. The van der Waals surface area contributed by atoms with Gasteiger partial charge in [0.1, 0.15) is 11.9 Å². The van der Waals surface area contributed by atoms with Gasteiger partial charge in [-0.2, -0.15) is 4.89 Å². The number of aliphatic hydroxyl groups is 2. The van der Waals surface area contributed by atoms with Gasteiger partial charge in [0.25, 0.3) is 0 Å². The third-order valence-electron chi connectivity index (χ3n) is 7.18. The van der Waals surface area contributed by atoms with Crippen LogP contribution in [-0.4, -0.2) is 40.3 Å². The minimum atomic E-state index is -1.80. The van der Waals surface area contributed by atoms with Gasteiger partial charge in [0.15, 0.2) is 5.78 Å². The molecule has 0 aromatic rings. The van der Waals surface area contributed by atoms with Gasteiger partial charge >= 0.3 is 0 Å². The van der Waals surface area contributed by atoms with Gasteiger partial charge in [0.2, 0.25) is 5.79 Å². The first-order valence-corrected chi connectivity index (χ1v) is 9.32. The monoisotopic (exact) mass is 362 g/mol. The van der Waals surface area contributed by atoms with Gasteiger partial charge in [0.05, 0.1) is 12.0 Å². The minimum Gasteiger partial charge on any atom is -0.395 e. The minimum absolute atomic E-state index is 0.0498. The molecule has 0 aromatic heterocycles. The SMILES string of the molecule is CC(C)C1=C[C@@]2(O)OO[C@@H]3CC(=O)[C@](C)(CO)[C@@H]4CCC(=C2[C@]43C)C1=O. The van der Waals surface area contributed by atoms with Crippen molar-refractivity contribution in [3.63, 3.8) is 0 Å². The van der Waals surface area contributed by atoms with Crippen LogP contribution in [0.4, 0.5) is 0 Å². The lowest BCUT2D eigenvalue weighted by Gasteiger charge is -2.61. The summed E-state index contributed by atoms with van der Waals surface area (Å²) in [5.41, 5.74) is -0.0384. The molecular formula is C20H26O6. The van der Waals surface area contributed by atoms with Gasteiger partial charge in [-0.25, -0.2) is 4.89 Å². The molecule has 0 radical (unpaired) electrons. The summed E-state index contributed by atoms with van der Waals surface area (Å²) in [4.78, 5) is 36.7. The highest BCUT2D eigenvalue weighted by Crippen LogP contribution is 2.64. The first-order chi connectivity index (χ1) is 12.1. The maximum absolute atomic E-state index is 13.1. The number of carbonyl (C=O) groups is 2. The maximum atomic E-state index is 13.1. The quantitative estimate of drug-likeness (QED) is 0.729. The van der Waals surface area contributed by atoms with E-state index in [4.69, 9.17) is 9.78 Å². The number of carbonyl (C=O) groups excluding carboxylic acids is 2. The predicted octanol–water partition coefficient (Wildman–Crippen LogP) is 1.85. The smallest absolute Gasteiger partial charge is 0.242 e. The van der Waals surface area contributed by atoms with Crippen LogP contribution in [0.3, 0.4) is 0 Å². The van der Waals surface area contributed by atoms with Crippen LogP contribution < -0.4 is 0 Å². The van der Waals surface area contributed by atoms with Gasteiger partial charge in [-0.3, -0.25) is 9.59 Å². The van der Waals surface area contributed by atoms with Crippen LogP contribution in [0, 0.1) is 22.7 Å². The molecule has 5 atom stereocenters. The number of hydrogen-bond acceptors (Lipinski definition) is 6. The molecule has 6 nitrogen and oxygen atoms in total. The summed E-state index contributed by atoms with van der Waals surface area (Å²) in [5, 5.41) is 21.3. The molecule has 0 bridgehead atoms. The van der Waals surface area contributed by atoms with Crippen LogP contribution in [-0.2, 0) is 19.4 Å². The van der Waals surface area contributed by atoms with Crippen molar-refractivity contribution in [3.05, 3.63) is 22.8 Å². The van der Waals surface area contributed by atoms with Gasteiger partial charge in [0, 0.05) is 28.6 Å². The fraction of sp³-hybridized carbons (Fsp3) is 0.700. The molecule has 2 N–H and O–H groups in total. The molecule has 0 aromatic carbocycles. The average molecular weight is 362 g/mol. The van der Waals surface area contributed by atoms with Gasteiger partial charge in [-0.05, 0) is 30.8 Å². The molecule has 1 aliphatic heterocycles. The second-order valence-corrected chi connectivity index (χ2v) is 8.88. The van der Waals surface area contributed by atoms with E-state index in [0.29, 0.717) is 29.6 Å². The second-order valence-electron chi connectivity index (χ2n) is 8.88. The first kappa shape index (κ1) is 18.0. The van der Waals surface area contributed by atoms with Crippen molar-refractivity contribution in [2.75, 3.05) is 6.61 Å². The summed E-state index contributed by atoms with van der Waals surface area (Å²) < 4.78 is 0. The largest absolute Gasteiger partial charge is 0.395 e. The molecule has 6 heteroatoms. The lowest BCUT2D eigenvalue weighted by molar-refractivity contribution is -0.453. The van der Waals surface area contributed by atoms with Gasteiger partial charge in [-0.15, -0.1) is 0 Å². The zero-order valence-corrected chi connectivity index (χ0v) is 15.7. The number of Topliss-reactive ketones (excluding diaryl/α,β-unsaturated/α-hetero) is 2. The van der Waals surface area contributed by atoms with E-state index in [1.807, 2.05) is 20.8 Å². The van der Waals surface area contributed by atoms with Crippen LogP contribution in [0.15, 0.2) is 22.8 Å². The Labute approximate surface area is 152 Å². The van der Waals surface area contributed by atoms with E-state index in [1.54, 1.807) is 6.92 Å². The van der Waals surface area contributed by atoms with Crippen molar-refractivity contribution in [1.82, 2.24) is 0 Å². The average Bonchev–Trinajstić information content (AvgIpc) is 2.58. The zero-order valence-electron chi connectivity index (χ0n) is 15.7. The summed E-state index contributed by atoms with van der Waals surface area (Å²) in [6, 6.07) is 0. The van der Waals surface area contributed by atoms with Crippen LogP contribution in [0.5, 0.6) is 0 Å². The van der Waals surface area contributed by atoms with E-state index in [0.717, 1.165) is 0 Å². The molecule has 142 valence electrons. The fourth-order valence-electron chi connectivity index (χ4n) is 5.70. The van der Waals surface area contributed by atoms with Crippen molar-refractivity contribution in [2.45, 2.75) is 58.8 Å². The number of allylic oxidation sites excluding steroid dienone is 2. The molecule has 4 aliphatic rings. The Bertz CT molecular complexity index is 764. The summed E-state index contributed by atoms with van der Waals surface area (Å²) >= 11 is 0. The molecule has 0 spiro atoms. The Morgan fingerprint density at radius 1 is 1.31 bits per heavy atom. The lowest BCUT2D eigenvalue weighted by Crippen LogP contribution is -2.66. The van der Waals surface area contributed by atoms with Gasteiger partial charge < -0.3 is 10.2 Å². The Balaban J connectivity index is 1.94. The topological polar surface area (TPSA) is 93.1 Å². The van der Waals surface area contributed by atoms with Crippen LogP contribution in [0.25, 0.3) is 0 Å². The van der Waals surface area contributed by atoms with E-state index in [-0.39, 0.29) is 36.4 Å². The van der Waals surface area contributed by atoms with E-state index >= 15 is 0 Å². The summed E-state index contributed by atoms with van der Waals surface area (Å²) in [6.07, 6.45) is 2.03. The Hall–Kier alpha value is -1.34. The molecule has 1 saturated heterocycles. The molecule has 4 rings (SSSR count). The second kappa shape index (κ2) is 5.35. The first-order valence-electron chi connectivity index (χ1n) is 9.32. The highest BCUT2D eigenvalue weighted by Gasteiger charge is 2.68. The highest BCUT2D eigenvalue weighted by atomic mass is 17.2. The zero-order chi connectivity index (χ0) is 19.1. The summed E-state index contributed by atoms with van der Waals surface area (Å²) in [5.74, 6) is -2.20. The molecule has 1 saturated carbocycles. The lowest BCUT2D eigenvalue weighted by atomic mass is 9.46. The van der Waals surface area contributed by atoms with Gasteiger partial charge in [-0.1, -0.05) is 27.7 Å². The standard InChI is InChI=1S/C20H26O6/c1-10(2)12-8-20(24)17-11(16(12)23)5-6-13-18(3,9-21)14(22)7-15(25-26-20)19(13,17)4/h8,10,13,15,21,24H,5-7,9H2,1-4H3/t13-,15+,18+,19+,20+/m0/s1. The van der Waals surface area contributed by atoms with Crippen LogP contribution in [0.1, 0.15) is 47.0 Å². The van der Waals surface area contributed by atoms with Crippen molar-refractivity contribution in [1.29, 1.82) is 0 Å². The van der Waals surface area contributed by atoms with E-state index in [9.17, 15) is 19.8 Å². The van der Waals surface area contributed by atoms with Crippen molar-refractivity contribution in [3.8, 4) is 0 Å². The van der Waals surface area contributed by atoms with E-state index in [1.165, 1.54) is 6.08 Å². The molecule has 0 amide bonds. The molecule has 3 aliphatic carbocycles. The maximum Gasteiger partial charge on any atom is 0.242 e. The highest BCUT2D eigenvalue weighted by molar-refractivity contribution is 6.11. The molecular weight excluding hydrogens is 336 g/mol.